The second-order valence-electron chi connectivity index (χ2n) is 3.78. The fourth-order valence-electron chi connectivity index (χ4n) is 1.44. The molecule has 1 aromatic heterocycles. The lowest BCUT2D eigenvalue weighted by atomic mass is 9.98. The molecule has 0 bridgehead atoms. The third-order valence-corrected chi connectivity index (χ3v) is 2.77. The van der Waals surface area contributed by atoms with Gasteiger partial charge in [-0.2, -0.15) is 0 Å². The van der Waals surface area contributed by atoms with Gasteiger partial charge in [-0.1, -0.05) is 6.92 Å². The number of hydrogen-bond donors (Lipinski definition) is 4. The maximum atomic E-state index is 9.33. The van der Waals surface area contributed by atoms with Gasteiger partial charge in [0.05, 0.1) is 30.1 Å². The maximum Gasteiger partial charge on any atom is 0.0832 e. The van der Waals surface area contributed by atoms with Gasteiger partial charge in [0.1, 0.15) is 0 Å². The zero-order valence-electron chi connectivity index (χ0n) is 9.48. The molecule has 5 N–H and O–H groups in total. The highest BCUT2D eigenvalue weighted by Gasteiger charge is 2.26. The summed E-state index contributed by atoms with van der Waals surface area (Å²) in [6.45, 7) is 1.94. The molecular weight excluding hydrogens is 206 g/mol. The number of rotatable bonds is 6. The van der Waals surface area contributed by atoms with Crippen molar-refractivity contribution < 1.29 is 10.2 Å². The number of aliphatic hydroxyl groups is 2. The van der Waals surface area contributed by atoms with Gasteiger partial charge < -0.3 is 21.3 Å². The van der Waals surface area contributed by atoms with Crippen LogP contribution in [-0.2, 0) is 6.54 Å². The molecule has 0 atom stereocenters. The lowest BCUT2D eigenvalue weighted by molar-refractivity contribution is 0.132. The van der Waals surface area contributed by atoms with E-state index in [-0.39, 0.29) is 13.2 Å². The molecule has 5 nitrogen and oxygen atoms in total. The molecule has 0 fully saturated rings. The van der Waals surface area contributed by atoms with Crippen LogP contribution in [0.25, 0.3) is 0 Å². The third-order valence-electron chi connectivity index (χ3n) is 2.77. The highest BCUT2D eigenvalue weighted by Crippen LogP contribution is 2.20. The third kappa shape index (κ3) is 2.69. The zero-order valence-corrected chi connectivity index (χ0v) is 9.48. The van der Waals surface area contributed by atoms with Crippen molar-refractivity contribution >= 4 is 5.69 Å². The van der Waals surface area contributed by atoms with Crippen molar-refractivity contribution in [2.75, 3.05) is 18.5 Å². The first-order chi connectivity index (χ1) is 7.71. The second-order valence-corrected chi connectivity index (χ2v) is 3.78. The van der Waals surface area contributed by atoms with E-state index < -0.39 is 5.54 Å². The van der Waals surface area contributed by atoms with Crippen molar-refractivity contribution in [3.05, 3.63) is 24.0 Å². The van der Waals surface area contributed by atoms with Crippen LogP contribution in [0, 0.1) is 0 Å². The smallest absolute Gasteiger partial charge is 0.0832 e. The number of aliphatic hydroxyl groups excluding tert-OH is 2. The largest absolute Gasteiger partial charge is 0.394 e. The van der Waals surface area contributed by atoms with Crippen LogP contribution >= 0.6 is 0 Å². The maximum absolute atomic E-state index is 9.33. The highest BCUT2D eigenvalue weighted by molar-refractivity contribution is 5.49. The standard InChI is InChI=1S/C11H19N3O2/c1-2-11(7-15,8-16)14-9-4-3-5-13-10(9)6-12/h3-5,14-16H,2,6-8,12H2,1H3. The topological polar surface area (TPSA) is 91.4 Å². The van der Waals surface area contributed by atoms with Crippen molar-refractivity contribution in [3.8, 4) is 0 Å². The van der Waals surface area contributed by atoms with Gasteiger partial charge in [-0.15, -0.1) is 0 Å². The first-order valence-corrected chi connectivity index (χ1v) is 5.35. The Labute approximate surface area is 95.3 Å². The predicted molar refractivity (Wildman–Crippen MR) is 62.9 cm³/mol. The van der Waals surface area contributed by atoms with E-state index in [0.29, 0.717) is 13.0 Å². The number of nitrogens with two attached hydrogens (primary N) is 1. The highest BCUT2D eigenvalue weighted by atomic mass is 16.3. The predicted octanol–water partition coefficient (Wildman–Crippen LogP) is 0.0856. The van der Waals surface area contributed by atoms with E-state index >= 15 is 0 Å². The van der Waals surface area contributed by atoms with Crippen LogP contribution < -0.4 is 11.1 Å². The van der Waals surface area contributed by atoms with E-state index in [4.69, 9.17) is 5.73 Å². The van der Waals surface area contributed by atoms with Crippen molar-refractivity contribution in [2.24, 2.45) is 5.73 Å². The minimum Gasteiger partial charge on any atom is -0.394 e. The fourth-order valence-corrected chi connectivity index (χ4v) is 1.44. The average molecular weight is 225 g/mol. The number of anilines is 1. The Morgan fingerprint density at radius 3 is 2.62 bits per heavy atom. The van der Waals surface area contributed by atoms with Crippen molar-refractivity contribution in [2.45, 2.75) is 25.4 Å². The second kappa shape index (κ2) is 5.79. The molecule has 16 heavy (non-hydrogen) atoms. The Hall–Kier alpha value is -1.17. The monoisotopic (exact) mass is 225 g/mol. The molecule has 1 heterocycles. The summed E-state index contributed by atoms with van der Waals surface area (Å²) in [5.41, 5.74) is 6.33. The van der Waals surface area contributed by atoms with E-state index in [2.05, 4.69) is 10.3 Å². The van der Waals surface area contributed by atoms with Crippen LogP contribution in [-0.4, -0.2) is 33.9 Å². The lowest BCUT2D eigenvalue weighted by Crippen LogP contribution is -2.45. The molecule has 0 unspecified atom stereocenters. The van der Waals surface area contributed by atoms with E-state index in [0.717, 1.165) is 11.4 Å². The Morgan fingerprint density at radius 2 is 2.12 bits per heavy atom. The number of nitrogens with zero attached hydrogens (tertiary/aromatic N) is 1. The minimum absolute atomic E-state index is 0.140. The molecule has 0 aliphatic heterocycles. The van der Waals surface area contributed by atoms with Gasteiger partial charge in [0, 0.05) is 12.7 Å². The fraction of sp³-hybridized carbons (Fsp3) is 0.545. The summed E-state index contributed by atoms with van der Waals surface area (Å²) in [4.78, 5) is 4.13. The molecule has 5 heteroatoms. The molecule has 1 rings (SSSR count). The number of nitrogens with one attached hydrogen (secondary N) is 1. The van der Waals surface area contributed by atoms with Crippen LogP contribution in [0.3, 0.4) is 0 Å². The van der Waals surface area contributed by atoms with Gasteiger partial charge in [-0.05, 0) is 18.6 Å². The van der Waals surface area contributed by atoms with Crippen molar-refractivity contribution in [1.29, 1.82) is 0 Å². The zero-order chi connectivity index (χ0) is 12.0. The molecule has 0 amide bonds. The number of hydrogen-bond acceptors (Lipinski definition) is 5. The molecule has 0 aromatic carbocycles. The molecule has 0 saturated heterocycles. The lowest BCUT2D eigenvalue weighted by Gasteiger charge is -2.31. The first-order valence-electron chi connectivity index (χ1n) is 5.35. The number of pyridine rings is 1. The SMILES string of the molecule is CCC(CO)(CO)Nc1cccnc1CN. The van der Waals surface area contributed by atoms with Gasteiger partial charge >= 0.3 is 0 Å². The van der Waals surface area contributed by atoms with Gasteiger partial charge in [0.25, 0.3) is 0 Å². The van der Waals surface area contributed by atoms with Crippen molar-refractivity contribution in [1.82, 2.24) is 4.98 Å². The average Bonchev–Trinajstić information content (AvgIpc) is 2.36. The molecule has 0 spiro atoms. The molecule has 0 saturated carbocycles. The van der Waals surface area contributed by atoms with Gasteiger partial charge in [-0.3, -0.25) is 4.98 Å². The van der Waals surface area contributed by atoms with Gasteiger partial charge in [0.15, 0.2) is 0 Å². The van der Waals surface area contributed by atoms with Crippen LogP contribution in [0.5, 0.6) is 0 Å². The van der Waals surface area contributed by atoms with Gasteiger partial charge in [-0.25, -0.2) is 0 Å². The summed E-state index contributed by atoms with van der Waals surface area (Å²) in [6.07, 6.45) is 2.28. The molecule has 0 aliphatic carbocycles. The van der Waals surface area contributed by atoms with E-state index in [1.54, 1.807) is 12.3 Å². The first kappa shape index (κ1) is 12.9. The molecule has 1 aromatic rings. The Kier molecular flexibility index (Phi) is 4.67. The molecular formula is C11H19N3O2. The van der Waals surface area contributed by atoms with Crippen LogP contribution in [0.2, 0.25) is 0 Å². The van der Waals surface area contributed by atoms with Crippen LogP contribution in [0.1, 0.15) is 19.0 Å². The molecule has 0 radical (unpaired) electrons. The molecule has 90 valence electrons. The summed E-state index contributed by atoms with van der Waals surface area (Å²) in [5.74, 6) is 0. The van der Waals surface area contributed by atoms with E-state index in [1.165, 1.54) is 0 Å². The quantitative estimate of drug-likeness (QED) is 0.550. The Balaban J connectivity index is 2.93. The summed E-state index contributed by atoms with van der Waals surface area (Å²) in [6, 6.07) is 3.63. The normalized spacial score (nSPS) is 11.5. The Morgan fingerprint density at radius 1 is 1.44 bits per heavy atom. The summed E-state index contributed by atoms with van der Waals surface area (Å²) in [7, 11) is 0. The van der Waals surface area contributed by atoms with Crippen molar-refractivity contribution in [3.63, 3.8) is 0 Å². The number of aromatic nitrogens is 1. The van der Waals surface area contributed by atoms with Crippen LogP contribution in [0.4, 0.5) is 5.69 Å². The van der Waals surface area contributed by atoms with E-state index in [9.17, 15) is 10.2 Å². The summed E-state index contributed by atoms with van der Waals surface area (Å²) < 4.78 is 0. The molecule has 0 aliphatic rings. The van der Waals surface area contributed by atoms with Crippen LogP contribution in [0.15, 0.2) is 18.3 Å². The Bertz CT molecular complexity index is 318. The summed E-state index contributed by atoms with van der Waals surface area (Å²) >= 11 is 0. The van der Waals surface area contributed by atoms with E-state index in [1.807, 2.05) is 13.0 Å². The minimum atomic E-state index is -0.715. The van der Waals surface area contributed by atoms with Gasteiger partial charge in [0.2, 0.25) is 0 Å². The summed E-state index contributed by atoms with van der Waals surface area (Å²) in [5, 5.41) is 21.8.